The molecule has 1 aromatic carbocycles. The molecule has 2 N–H and O–H groups in total. The van der Waals surface area contributed by atoms with Crippen LogP contribution >= 0.6 is 0 Å². The molecule has 23 heavy (non-hydrogen) atoms. The van der Waals surface area contributed by atoms with Gasteiger partial charge in [-0.25, -0.2) is 0 Å². The van der Waals surface area contributed by atoms with Crippen molar-refractivity contribution >= 4 is 22.8 Å². The Morgan fingerprint density at radius 3 is 2.74 bits per heavy atom. The van der Waals surface area contributed by atoms with Crippen molar-refractivity contribution < 1.29 is 18.5 Å². The van der Waals surface area contributed by atoms with E-state index in [2.05, 4.69) is 15.8 Å². The van der Waals surface area contributed by atoms with Gasteiger partial charge in [-0.3, -0.25) is 9.59 Å². The number of para-hydroxylation sites is 1. The van der Waals surface area contributed by atoms with Crippen LogP contribution in [0.4, 0.5) is 0 Å². The van der Waals surface area contributed by atoms with Crippen molar-refractivity contribution in [2.24, 2.45) is 0 Å². The second-order valence-electron chi connectivity index (χ2n) is 4.94. The lowest BCUT2D eigenvalue weighted by atomic mass is 10.1. The summed E-state index contributed by atoms with van der Waals surface area (Å²) < 4.78 is 10.2. The van der Waals surface area contributed by atoms with Crippen LogP contribution in [0.5, 0.6) is 0 Å². The normalized spacial score (nSPS) is 10.6. The van der Waals surface area contributed by atoms with Crippen LogP contribution in [0.2, 0.25) is 0 Å². The number of nitrogens with one attached hydrogen (secondary N) is 2. The summed E-state index contributed by atoms with van der Waals surface area (Å²) >= 11 is 0. The van der Waals surface area contributed by atoms with E-state index < -0.39 is 0 Å². The SMILES string of the molecule is O=C(CNC(=O)Cc1noc2ccccc12)NCc1ccco1. The molecule has 0 saturated heterocycles. The first-order valence-electron chi connectivity index (χ1n) is 7.11. The van der Waals surface area contributed by atoms with Gasteiger partial charge in [0.15, 0.2) is 5.58 Å². The van der Waals surface area contributed by atoms with Gasteiger partial charge >= 0.3 is 0 Å². The second kappa shape index (κ2) is 6.78. The van der Waals surface area contributed by atoms with Crippen molar-refractivity contribution in [1.82, 2.24) is 15.8 Å². The van der Waals surface area contributed by atoms with E-state index in [1.165, 1.54) is 6.26 Å². The summed E-state index contributed by atoms with van der Waals surface area (Å²) in [6.07, 6.45) is 1.59. The first-order valence-corrected chi connectivity index (χ1v) is 7.11. The predicted molar refractivity (Wildman–Crippen MR) is 81.3 cm³/mol. The highest BCUT2D eigenvalue weighted by atomic mass is 16.5. The van der Waals surface area contributed by atoms with Crippen molar-refractivity contribution in [3.05, 3.63) is 54.1 Å². The third-order valence-electron chi connectivity index (χ3n) is 3.27. The third kappa shape index (κ3) is 3.76. The summed E-state index contributed by atoms with van der Waals surface area (Å²) in [7, 11) is 0. The Labute approximate surface area is 131 Å². The zero-order valence-electron chi connectivity index (χ0n) is 12.2. The number of carbonyl (C=O) groups is 2. The molecular formula is C16H15N3O4. The molecule has 0 aliphatic rings. The summed E-state index contributed by atoms with van der Waals surface area (Å²) in [4.78, 5) is 23.6. The minimum absolute atomic E-state index is 0.0580. The highest BCUT2D eigenvalue weighted by Gasteiger charge is 2.12. The standard InChI is InChI=1S/C16H15N3O4/c20-15(8-13-12-5-1-2-6-14(12)23-19-13)18-10-16(21)17-9-11-4-3-7-22-11/h1-7H,8-10H2,(H,17,21)(H,18,20). The van der Waals surface area contributed by atoms with Crippen LogP contribution in [0.1, 0.15) is 11.5 Å². The lowest BCUT2D eigenvalue weighted by molar-refractivity contribution is -0.125. The molecule has 0 radical (unpaired) electrons. The van der Waals surface area contributed by atoms with Gasteiger partial charge in [0.1, 0.15) is 11.5 Å². The molecule has 0 unspecified atom stereocenters. The quantitative estimate of drug-likeness (QED) is 0.717. The van der Waals surface area contributed by atoms with Crippen LogP contribution in [-0.2, 0) is 22.6 Å². The number of carbonyl (C=O) groups excluding carboxylic acids is 2. The second-order valence-corrected chi connectivity index (χ2v) is 4.94. The number of furan rings is 1. The molecule has 0 bridgehead atoms. The molecule has 0 atom stereocenters. The Kier molecular flexibility index (Phi) is 4.37. The maximum Gasteiger partial charge on any atom is 0.239 e. The molecule has 0 spiro atoms. The van der Waals surface area contributed by atoms with Crippen LogP contribution in [-0.4, -0.2) is 23.5 Å². The molecular weight excluding hydrogens is 298 g/mol. The maximum atomic E-state index is 11.9. The van der Waals surface area contributed by atoms with Gasteiger partial charge in [-0.2, -0.15) is 0 Å². The largest absolute Gasteiger partial charge is 0.467 e. The average Bonchev–Trinajstić information content (AvgIpc) is 3.21. The Hall–Kier alpha value is -3.09. The van der Waals surface area contributed by atoms with Crippen LogP contribution in [0.25, 0.3) is 11.0 Å². The van der Waals surface area contributed by atoms with E-state index in [1.807, 2.05) is 18.2 Å². The Morgan fingerprint density at radius 2 is 1.91 bits per heavy atom. The number of aromatic nitrogens is 1. The molecule has 0 saturated carbocycles. The molecule has 0 aliphatic heterocycles. The summed E-state index contributed by atoms with van der Waals surface area (Å²) in [5.41, 5.74) is 1.18. The van der Waals surface area contributed by atoms with Gasteiger partial charge in [0.25, 0.3) is 0 Å². The zero-order valence-corrected chi connectivity index (χ0v) is 12.2. The van der Waals surface area contributed by atoms with Gasteiger partial charge in [0, 0.05) is 5.39 Å². The minimum atomic E-state index is -0.294. The van der Waals surface area contributed by atoms with Gasteiger partial charge < -0.3 is 19.6 Å². The third-order valence-corrected chi connectivity index (χ3v) is 3.27. The van der Waals surface area contributed by atoms with Gasteiger partial charge in [0.2, 0.25) is 11.8 Å². The topological polar surface area (TPSA) is 97.4 Å². The number of nitrogens with zero attached hydrogens (tertiary/aromatic N) is 1. The van der Waals surface area contributed by atoms with Crippen molar-refractivity contribution in [3.8, 4) is 0 Å². The monoisotopic (exact) mass is 313 g/mol. The molecule has 118 valence electrons. The highest BCUT2D eigenvalue weighted by Crippen LogP contribution is 2.17. The van der Waals surface area contributed by atoms with E-state index in [0.717, 1.165) is 5.39 Å². The van der Waals surface area contributed by atoms with Crippen LogP contribution in [0.3, 0.4) is 0 Å². The number of rotatable bonds is 6. The van der Waals surface area contributed by atoms with Crippen molar-refractivity contribution in [3.63, 3.8) is 0 Å². The average molecular weight is 313 g/mol. The molecule has 3 aromatic rings. The molecule has 0 aliphatic carbocycles. The van der Waals surface area contributed by atoms with Gasteiger partial charge in [-0.05, 0) is 24.3 Å². The van der Waals surface area contributed by atoms with E-state index in [0.29, 0.717) is 17.0 Å². The summed E-state index contributed by atoms with van der Waals surface area (Å²) in [5.74, 6) is 0.0655. The highest BCUT2D eigenvalue weighted by molar-refractivity contribution is 5.88. The molecule has 2 aromatic heterocycles. The Morgan fingerprint density at radius 1 is 1.04 bits per heavy atom. The van der Waals surface area contributed by atoms with E-state index in [9.17, 15) is 9.59 Å². The van der Waals surface area contributed by atoms with Crippen LogP contribution in [0.15, 0.2) is 51.6 Å². The maximum absolute atomic E-state index is 11.9. The van der Waals surface area contributed by atoms with Crippen LogP contribution < -0.4 is 10.6 Å². The van der Waals surface area contributed by atoms with E-state index in [1.54, 1.807) is 18.2 Å². The first kappa shape index (κ1) is 14.8. The number of benzene rings is 1. The zero-order chi connectivity index (χ0) is 16.1. The Balaban J connectivity index is 1.47. The molecule has 7 heteroatoms. The van der Waals surface area contributed by atoms with E-state index in [4.69, 9.17) is 8.94 Å². The molecule has 3 rings (SSSR count). The lowest BCUT2D eigenvalue weighted by Crippen LogP contribution is -2.37. The molecule has 7 nitrogen and oxygen atoms in total. The minimum Gasteiger partial charge on any atom is -0.467 e. The number of hydrogen-bond donors (Lipinski definition) is 2. The first-order chi connectivity index (χ1) is 11.2. The number of hydrogen-bond acceptors (Lipinski definition) is 5. The number of fused-ring (bicyclic) bond motifs is 1. The summed E-state index contributed by atoms with van der Waals surface area (Å²) in [5, 5.41) is 9.88. The molecule has 0 fully saturated rings. The summed E-state index contributed by atoms with van der Waals surface area (Å²) in [6.45, 7) is 0.185. The van der Waals surface area contributed by atoms with Gasteiger partial charge in [-0.15, -0.1) is 0 Å². The predicted octanol–water partition coefficient (Wildman–Crippen LogP) is 1.40. The number of amides is 2. The van der Waals surface area contributed by atoms with Crippen molar-refractivity contribution in [2.75, 3.05) is 6.54 Å². The van der Waals surface area contributed by atoms with E-state index >= 15 is 0 Å². The fourth-order valence-corrected chi connectivity index (χ4v) is 2.12. The molecule has 2 amide bonds. The van der Waals surface area contributed by atoms with Crippen molar-refractivity contribution in [2.45, 2.75) is 13.0 Å². The van der Waals surface area contributed by atoms with Crippen molar-refractivity contribution in [1.29, 1.82) is 0 Å². The van der Waals surface area contributed by atoms with Gasteiger partial charge in [-0.1, -0.05) is 17.3 Å². The van der Waals surface area contributed by atoms with Crippen LogP contribution in [0, 0.1) is 0 Å². The van der Waals surface area contributed by atoms with Gasteiger partial charge in [0.05, 0.1) is 25.8 Å². The smallest absolute Gasteiger partial charge is 0.239 e. The molecule has 2 heterocycles. The fraction of sp³-hybridized carbons (Fsp3) is 0.188. The lowest BCUT2D eigenvalue weighted by Gasteiger charge is -2.05. The fourth-order valence-electron chi connectivity index (χ4n) is 2.12. The summed E-state index contributed by atoms with van der Waals surface area (Å²) in [6, 6.07) is 10.8. The Bertz CT molecular complexity index is 808. The van der Waals surface area contributed by atoms with E-state index in [-0.39, 0.29) is 31.3 Å².